The number of carboxylic acids is 1. The average molecular weight is 392 g/mol. The first-order chi connectivity index (χ1) is 10.9. The number of aromatic hydroxyl groups is 2. The number of phenolic OH excluding ortho intramolecular Hbond substituents is 2. The fourth-order valence-electron chi connectivity index (χ4n) is 1.81. The molecule has 0 aliphatic carbocycles. The van der Waals surface area contributed by atoms with Crippen molar-refractivity contribution in [1.82, 2.24) is 5.32 Å². The van der Waals surface area contributed by atoms with Gasteiger partial charge in [0, 0.05) is 20.0 Å². The van der Waals surface area contributed by atoms with Gasteiger partial charge in [0.2, 0.25) is 5.91 Å². The Labute approximate surface area is 163 Å². The number of hydrogen-bond donors (Lipinski definition) is 4. The molecule has 0 saturated heterocycles. The van der Waals surface area contributed by atoms with Crippen LogP contribution in [0.5, 0.6) is 11.5 Å². The first-order valence-electron chi connectivity index (χ1n) is 7.03. The monoisotopic (exact) mass is 391 g/mol. The third kappa shape index (κ3) is 12.6. The highest BCUT2D eigenvalue weighted by molar-refractivity contribution is 5.83. The number of amides is 1. The number of rotatable bonds is 10. The molecular formula is C19H37NO7. The third-order valence-electron chi connectivity index (χ3n) is 3.02. The maximum absolute atomic E-state index is 11.7. The number of ether oxygens (including phenoxy) is 2. The van der Waals surface area contributed by atoms with E-state index in [4.69, 9.17) is 9.47 Å². The Morgan fingerprint density at radius 3 is 2.19 bits per heavy atom. The molecule has 8 heteroatoms. The van der Waals surface area contributed by atoms with E-state index in [1.165, 1.54) is 25.3 Å². The van der Waals surface area contributed by atoms with Crippen LogP contribution in [0, 0.1) is 0 Å². The number of nitrogens with one attached hydrogen (secondary N) is 1. The lowest BCUT2D eigenvalue weighted by Crippen LogP contribution is -2.42. The zero-order chi connectivity index (χ0) is 17.2. The molecule has 8 nitrogen and oxygen atoms in total. The van der Waals surface area contributed by atoms with Crippen LogP contribution in [0.1, 0.15) is 41.7 Å². The van der Waals surface area contributed by atoms with Crippen LogP contribution in [-0.4, -0.2) is 60.2 Å². The lowest BCUT2D eigenvalue weighted by atomic mass is 10.1. The van der Waals surface area contributed by atoms with E-state index in [2.05, 4.69) is 5.32 Å². The van der Waals surface area contributed by atoms with Crippen molar-refractivity contribution >= 4 is 11.9 Å². The van der Waals surface area contributed by atoms with E-state index in [1.807, 2.05) is 0 Å². The van der Waals surface area contributed by atoms with Gasteiger partial charge in [0.25, 0.3) is 0 Å². The highest BCUT2D eigenvalue weighted by Crippen LogP contribution is 2.25. The summed E-state index contributed by atoms with van der Waals surface area (Å²) in [5, 5.41) is 30.2. The molecule has 0 aliphatic rings. The van der Waals surface area contributed by atoms with E-state index in [9.17, 15) is 24.9 Å². The summed E-state index contributed by atoms with van der Waals surface area (Å²) in [6, 6.07) is 2.86. The number of phenols is 2. The van der Waals surface area contributed by atoms with Gasteiger partial charge in [-0.3, -0.25) is 4.79 Å². The molecule has 0 spiro atoms. The highest BCUT2D eigenvalue weighted by Gasteiger charge is 2.20. The van der Waals surface area contributed by atoms with Crippen LogP contribution < -0.4 is 5.32 Å². The largest absolute Gasteiger partial charge is 0.504 e. The molecule has 27 heavy (non-hydrogen) atoms. The van der Waals surface area contributed by atoms with Crippen molar-refractivity contribution in [2.75, 3.05) is 26.9 Å². The number of hydrogen-bond acceptors (Lipinski definition) is 6. The van der Waals surface area contributed by atoms with Crippen LogP contribution in [-0.2, 0) is 25.5 Å². The normalized spacial score (nSPS) is 10.1. The van der Waals surface area contributed by atoms with Crippen molar-refractivity contribution in [3.63, 3.8) is 0 Å². The van der Waals surface area contributed by atoms with Gasteiger partial charge in [-0.25, -0.2) is 4.79 Å². The van der Waals surface area contributed by atoms with Gasteiger partial charge in [-0.05, 0) is 17.7 Å². The van der Waals surface area contributed by atoms with Crippen LogP contribution in [0.25, 0.3) is 0 Å². The summed E-state index contributed by atoms with van der Waals surface area (Å²) in [5.41, 5.74) is 0.476. The predicted octanol–water partition coefficient (Wildman–Crippen LogP) is 2.81. The molecule has 1 aromatic carbocycles. The number of benzene rings is 1. The third-order valence-corrected chi connectivity index (χ3v) is 3.02. The second-order valence-corrected chi connectivity index (χ2v) is 4.84. The molecule has 0 aromatic heterocycles. The first kappa shape index (κ1) is 32.4. The number of aliphatic carboxylic acids is 1. The summed E-state index contributed by atoms with van der Waals surface area (Å²) in [5.74, 6) is -2.27. The quantitative estimate of drug-likeness (QED) is 0.357. The van der Waals surface area contributed by atoms with Gasteiger partial charge in [-0.1, -0.05) is 35.8 Å². The average Bonchev–Trinajstić information content (AvgIpc) is 2.50. The zero-order valence-corrected chi connectivity index (χ0v) is 12.8. The summed E-state index contributed by atoms with van der Waals surface area (Å²) in [6.07, 6.45) is 0.0216. The van der Waals surface area contributed by atoms with E-state index in [-0.39, 0.29) is 60.7 Å². The molecule has 0 saturated carbocycles. The van der Waals surface area contributed by atoms with E-state index in [1.54, 1.807) is 0 Å². The van der Waals surface area contributed by atoms with Crippen molar-refractivity contribution in [3.05, 3.63) is 23.8 Å². The summed E-state index contributed by atoms with van der Waals surface area (Å²) in [4.78, 5) is 23.0. The molecule has 1 unspecified atom stereocenters. The molecular weight excluding hydrogens is 354 g/mol. The smallest absolute Gasteiger partial charge is 0.326 e. The first-order valence-corrected chi connectivity index (χ1v) is 7.03. The maximum Gasteiger partial charge on any atom is 0.326 e. The van der Waals surface area contributed by atoms with Crippen LogP contribution in [0.4, 0.5) is 0 Å². The van der Waals surface area contributed by atoms with Crippen molar-refractivity contribution in [2.24, 2.45) is 0 Å². The number of carboxylic acid groups (broad SMARTS) is 1. The SMILES string of the molecule is C.C.C.C.COCCOCCC(=O)NC(Cc1ccc(O)c(O)c1)C(=O)O. The van der Waals surface area contributed by atoms with E-state index < -0.39 is 17.9 Å². The predicted molar refractivity (Wildman–Crippen MR) is 107 cm³/mol. The highest BCUT2D eigenvalue weighted by atomic mass is 16.5. The summed E-state index contributed by atoms with van der Waals surface area (Å²) in [7, 11) is 1.54. The molecule has 0 bridgehead atoms. The van der Waals surface area contributed by atoms with Crippen molar-refractivity contribution in [2.45, 2.75) is 48.6 Å². The Balaban J connectivity index is -0.000000661. The molecule has 0 fully saturated rings. The van der Waals surface area contributed by atoms with Gasteiger partial charge in [-0.2, -0.15) is 0 Å². The minimum absolute atomic E-state index is 0. The van der Waals surface area contributed by atoms with E-state index >= 15 is 0 Å². The minimum Gasteiger partial charge on any atom is -0.504 e. The Kier molecular flexibility index (Phi) is 20.5. The summed E-state index contributed by atoms with van der Waals surface area (Å²) >= 11 is 0. The van der Waals surface area contributed by atoms with Crippen molar-refractivity contribution in [1.29, 1.82) is 0 Å². The van der Waals surface area contributed by atoms with Gasteiger partial charge in [0.15, 0.2) is 11.5 Å². The maximum atomic E-state index is 11.7. The topological polar surface area (TPSA) is 125 Å². The van der Waals surface area contributed by atoms with Gasteiger partial charge >= 0.3 is 5.97 Å². The number of methoxy groups -OCH3 is 1. The molecule has 1 rings (SSSR count). The van der Waals surface area contributed by atoms with Crippen LogP contribution in [0.3, 0.4) is 0 Å². The fraction of sp³-hybridized carbons (Fsp3) is 0.579. The molecule has 1 aromatic rings. The van der Waals surface area contributed by atoms with Crippen LogP contribution in [0.15, 0.2) is 18.2 Å². The van der Waals surface area contributed by atoms with Crippen molar-refractivity contribution < 1.29 is 34.4 Å². The Bertz CT molecular complexity index is 535. The molecule has 160 valence electrons. The van der Waals surface area contributed by atoms with Crippen molar-refractivity contribution in [3.8, 4) is 11.5 Å². The second-order valence-electron chi connectivity index (χ2n) is 4.84. The number of carbonyl (C=O) groups is 2. The van der Waals surface area contributed by atoms with E-state index in [0.29, 0.717) is 18.8 Å². The van der Waals surface area contributed by atoms with Crippen LogP contribution >= 0.6 is 0 Å². The number of carbonyl (C=O) groups excluding carboxylic acids is 1. The lowest BCUT2D eigenvalue weighted by molar-refractivity contribution is -0.142. The minimum atomic E-state index is -1.19. The summed E-state index contributed by atoms with van der Waals surface area (Å²) in [6.45, 7) is 0.949. The van der Waals surface area contributed by atoms with Gasteiger partial charge in [0.1, 0.15) is 6.04 Å². The molecule has 0 heterocycles. The lowest BCUT2D eigenvalue weighted by Gasteiger charge is -2.15. The second kappa shape index (κ2) is 17.1. The molecule has 1 atom stereocenters. The Hall–Kier alpha value is -2.32. The molecule has 1 amide bonds. The van der Waals surface area contributed by atoms with E-state index in [0.717, 1.165) is 0 Å². The Morgan fingerprint density at radius 2 is 1.67 bits per heavy atom. The van der Waals surface area contributed by atoms with Gasteiger partial charge in [0.05, 0.1) is 19.8 Å². The molecule has 0 aliphatic heterocycles. The van der Waals surface area contributed by atoms with Crippen LogP contribution in [0.2, 0.25) is 0 Å². The summed E-state index contributed by atoms with van der Waals surface area (Å²) < 4.78 is 9.93. The standard InChI is InChI=1S/C15H21NO7.4CH4/c1-22-6-7-23-5-4-14(19)16-11(15(20)21)8-10-2-3-12(17)13(18)9-10;;;;/h2-3,9,11,17-18H,4-8H2,1H3,(H,16,19)(H,20,21);4*1H4. The molecule has 0 radical (unpaired) electrons. The van der Waals surface area contributed by atoms with Gasteiger partial charge < -0.3 is 30.1 Å². The Morgan fingerprint density at radius 1 is 1.04 bits per heavy atom. The van der Waals surface area contributed by atoms with Gasteiger partial charge in [-0.15, -0.1) is 0 Å². The molecule has 4 N–H and O–H groups in total. The zero-order valence-electron chi connectivity index (χ0n) is 12.8. The fourth-order valence-corrected chi connectivity index (χ4v) is 1.81.